The molecular formula is C13H18FNO4S. The summed E-state index contributed by atoms with van der Waals surface area (Å²) in [7, 11) is -3.60. The molecule has 1 heterocycles. The zero-order valence-corrected chi connectivity index (χ0v) is 11.9. The van der Waals surface area contributed by atoms with Crippen LogP contribution in [-0.4, -0.2) is 34.0 Å². The van der Waals surface area contributed by atoms with Gasteiger partial charge in [-0.2, -0.15) is 0 Å². The number of hydrogen-bond donors (Lipinski definition) is 1. The fourth-order valence-corrected chi connectivity index (χ4v) is 3.58. The molecular weight excluding hydrogens is 285 g/mol. The Morgan fingerprint density at radius 2 is 2.05 bits per heavy atom. The minimum absolute atomic E-state index is 0.154. The molecule has 7 heteroatoms. The number of hydrogen-bond acceptors (Lipinski definition) is 4. The third-order valence-electron chi connectivity index (χ3n) is 3.40. The van der Waals surface area contributed by atoms with Gasteiger partial charge in [-0.25, -0.2) is 17.9 Å². The van der Waals surface area contributed by atoms with Crippen LogP contribution in [0.25, 0.3) is 0 Å². The molecule has 2 rings (SSSR count). The molecule has 1 aromatic rings. The van der Waals surface area contributed by atoms with Crippen molar-refractivity contribution in [1.82, 2.24) is 0 Å². The quantitative estimate of drug-likeness (QED) is 0.889. The van der Waals surface area contributed by atoms with Crippen LogP contribution in [0.3, 0.4) is 0 Å². The summed E-state index contributed by atoms with van der Waals surface area (Å²) in [5, 5.41) is 5.16. The lowest BCUT2D eigenvalue weighted by atomic mass is 9.83. The van der Waals surface area contributed by atoms with E-state index in [2.05, 4.69) is 0 Å². The first kappa shape index (κ1) is 15.2. The lowest BCUT2D eigenvalue weighted by Gasteiger charge is -2.35. The van der Waals surface area contributed by atoms with Crippen LogP contribution in [0.5, 0.6) is 5.75 Å². The van der Waals surface area contributed by atoms with Gasteiger partial charge in [0.15, 0.2) is 0 Å². The van der Waals surface area contributed by atoms with E-state index in [1.165, 1.54) is 12.1 Å². The van der Waals surface area contributed by atoms with Gasteiger partial charge < -0.3 is 9.47 Å². The normalized spacial score (nSPS) is 18.7. The monoisotopic (exact) mass is 303 g/mol. The van der Waals surface area contributed by atoms with Crippen LogP contribution >= 0.6 is 0 Å². The molecule has 0 unspecified atom stereocenters. The van der Waals surface area contributed by atoms with Gasteiger partial charge in [-0.05, 0) is 25.0 Å². The molecule has 5 nitrogen and oxygen atoms in total. The predicted octanol–water partition coefficient (Wildman–Crippen LogP) is 1.29. The first-order valence-corrected chi connectivity index (χ1v) is 8.07. The molecule has 1 saturated heterocycles. The summed E-state index contributed by atoms with van der Waals surface area (Å²) in [5.41, 5.74) is -0.571. The molecule has 0 bridgehead atoms. The lowest BCUT2D eigenvalue weighted by molar-refractivity contribution is 0.00204. The van der Waals surface area contributed by atoms with Gasteiger partial charge in [0, 0.05) is 24.7 Å². The van der Waals surface area contributed by atoms with E-state index in [4.69, 9.17) is 14.6 Å². The van der Waals surface area contributed by atoms with Crippen LogP contribution in [0.1, 0.15) is 12.8 Å². The Morgan fingerprint density at radius 1 is 1.35 bits per heavy atom. The van der Waals surface area contributed by atoms with E-state index in [0.717, 1.165) is 0 Å². The van der Waals surface area contributed by atoms with Crippen LogP contribution in [-0.2, 0) is 14.8 Å². The second-order valence-corrected chi connectivity index (χ2v) is 6.78. The molecule has 0 amide bonds. The molecule has 1 aromatic carbocycles. The van der Waals surface area contributed by atoms with E-state index >= 15 is 0 Å². The molecule has 0 aromatic heterocycles. The maximum atomic E-state index is 13.1. The van der Waals surface area contributed by atoms with E-state index in [1.807, 2.05) is 0 Å². The van der Waals surface area contributed by atoms with Crippen LogP contribution in [0.2, 0.25) is 0 Å². The molecule has 1 aliphatic heterocycles. The highest BCUT2D eigenvalue weighted by Gasteiger charge is 2.37. The van der Waals surface area contributed by atoms with E-state index < -0.39 is 21.3 Å². The van der Waals surface area contributed by atoms with E-state index in [9.17, 15) is 12.8 Å². The summed E-state index contributed by atoms with van der Waals surface area (Å²) in [6, 6.07) is 5.76. The number of nitrogens with two attached hydrogens (primary N) is 1. The van der Waals surface area contributed by atoms with E-state index in [0.29, 0.717) is 31.8 Å². The van der Waals surface area contributed by atoms with Crippen molar-refractivity contribution in [1.29, 1.82) is 0 Å². The first-order valence-electron chi connectivity index (χ1n) is 6.35. The van der Waals surface area contributed by atoms with Crippen molar-refractivity contribution in [2.24, 2.45) is 10.6 Å². The number of halogens is 1. The highest BCUT2D eigenvalue weighted by Crippen LogP contribution is 2.32. The van der Waals surface area contributed by atoms with Gasteiger partial charge in [-0.15, -0.1) is 0 Å². The molecule has 20 heavy (non-hydrogen) atoms. The lowest BCUT2D eigenvalue weighted by Crippen LogP contribution is -2.42. The number of sulfonamides is 1. The smallest absolute Gasteiger partial charge is 0.209 e. The Hall–Kier alpha value is -1.18. The summed E-state index contributed by atoms with van der Waals surface area (Å²) in [5.74, 6) is -0.168. The van der Waals surface area contributed by atoms with Crippen molar-refractivity contribution in [3.8, 4) is 5.75 Å². The third-order valence-corrected chi connectivity index (χ3v) is 4.42. The third kappa shape index (κ3) is 4.43. The summed E-state index contributed by atoms with van der Waals surface area (Å²) in [6.07, 6.45) is 1.11. The number of primary sulfonamides is 1. The van der Waals surface area contributed by atoms with Gasteiger partial charge >= 0.3 is 0 Å². The number of ether oxygens (including phenoxy) is 2. The number of rotatable bonds is 5. The average molecular weight is 303 g/mol. The molecule has 0 aliphatic carbocycles. The average Bonchev–Trinajstić information content (AvgIpc) is 2.36. The molecule has 1 fully saturated rings. The topological polar surface area (TPSA) is 78.6 Å². The summed E-state index contributed by atoms with van der Waals surface area (Å²) < 4.78 is 46.7. The van der Waals surface area contributed by atoms with Crippen molar-refractivity contribution in [3.63, 3.8) is 0 Å². The molecule has 0 atom stereocenters. The first-order chi connectivity index (χ1) is 9.39. The van der Waals surface area contributed by atoms with Crippen molar-refractivity contribution in [3.05, 3.63) is 30.1 Å². The summed E-state index contributed by atoms with van der Waals surface area (Å²) in [4.78, 5) is 0. The van der Waals surface area contributed by atoms with Crippen molar-refractivity contribution in [2.75, 3.05) is 25.6 Å². The largest absolute Gasteiger partial charge is 0.493 e. The molecule has 0 radical (unpaired) electrons. The van der Waals surface area contributed by atoms with Gasteiger partial charge in [-0.3, -0.25) is 0 Å². The Kier molecular flexibility index (Phi) is 4.62. The summed E-state index contributed by atoms with van der Waals surface area (Å²) in [6.45, 7) is 1.13. The molecule has 112 valence electrons. The van der Waals surface area contributed by atoms with Crippen LogP contribution < -0.4 is 9.88 Å². The zero-order valence-electron chi connectivity index (χ0n) is 11.0. The highest BCUT2D eigenvalue weighted by atomic mass is 32.2. The predicted molar refractivity (Wildman–Crippen MR) is 72.4 cm³/mol. The Labute approximate surface area is 117 Å². The van der Waals surface area contributed by atoms with Gasteiger partial charge in [-0.1, -0.05) is 6.07 Å². The van der Waals surface area contributed by atoms with Gasteiger partial charge in [0.05, 0.1) is 12.4 Å². The van der Waals surface area contributed by atoms with Crippen molar-refractivity contribution < 1.29 is 22.3 Å². The molecule has 0 saturated carbocycles. The highest BCUT2D eigenvalue weighted by molar-refractivity contribution is 7.89. The molecule has 2 N–H and O–H groups in total. The minimum Gasteiger partial charge on any atom is -0.493 e. The Morgan fingerprint density at radius 3 is 2.65 bits per heavy atom. The number of benzene rings is 1. The minimum atomic E-state index is -3.60. The molecule has 1 aliphatic rings. The maximum absolute atomic E-state index is 13.1. The second kappa shape index (κ2) is 6.07. The van der Waals surface area contributed by atoms with Crippen LogP contribution in [0.15, 0.2) is 24.3 Å². The molecule has 0 spiro atoms. The fraction of sp³-hybridized carbons (Fsp3) is 0.538. The fourth-order valence-electron chi connectivity index (χ4n) is 2.35. The standard InChI is InChI=1S/C13H18FNO4S/c14-11-2-1-3-12(8-11)19-9-13(10-20(15,16)17)4-6-18-7-5-13/h1-3,8H,4-7,9-10H2,(H2,15,16,17). The van der Waals surface area contributed by atoms with Gasteiger partial charge in [0.25, 0.3) is 0 Å². The Balaban J connectivity index is 2.08. The Bertz CT molecular complexity index is 555. The summed E-state index contributed by atoms with van der Waals surface area (Å²) >= 11 is 0. The maximum Gasteiger partial charge on any atom is 0.209 e. The van der Waals surface area contributed by atoms with Crippen LogP contribution in [0.4, 0.5) is 4.39 Å². The van der Waals surface area contributed by atoms with Crippen molar-refractivity contribution >= 4 is 10.0 Å². The second-order valence-electron chi connectivity index (χ2n) is 5.17. The van der Waals surface area contributed by atoms with E-state index in [1.54, 1.807) is 12.1 Å². The van der Waals surface area contributed by atoms with Crippen LogP contribution in [0, 0.1) is 11.2 Å². The zero-order chi connectivity index (χ0) is 14.6. The van der Waals surface area contributed by atoms with E-state index in [-0.39, 0.29) is 12.4 Å². The van der Waals surface area contributed by atoms with Gasteiger partial charge in [0.2, 0.25) is 10.0 Å². The SMILES string of the molecule is NS(=O)(=O)CC1(COc2cccc(F)c2)CCOCC1. The van der Waals surface area contributed by atoms with Crippen molar-refractivity contribution in [2.45, 2.75) is 12.8 Å². The van der Waals surface area contributed by atoms with Gasteiger partial charge in [0.1, 0.15) is 11.6 Å².